The maximum atomic E-state index is 14.2. The van der Waals surface area contributed by atoms with Gasteiger partial charge in [0.25, 0.3) is 6.29 Å². The lowest BCUT2D eigenvalue weighted by Crippen LogP contribution is -2.47. The van der Waals surface area contributed by atoms with Crippen LogP contribution in [0.3, 0.4) is 0 Å². The van der Waals surface area contributed by atoms with Gasteiger partial charge in [-0.05, 0) is 35.4 Å². The monoisotopic (exact) mass is 434 g/mol. The highest BCUT2D eigenvalue weighted by Gasteiger charge is 2.46. The Morgan fingerprint density at radius 1 is 1.00 bits per heavy atom. The molecule has 162 valence electrons. The number of benzene rings is 2. The Balaban J connectivity index is 1.73. The van der Waals surface area contributed by atoms with Crippen molar-refractivity contribution >= 4 is 0 Å². The third kappa shape index (κ3) is 5.25. The minimum atomic E-state index is -3.75. The Morgan fingerprint density at radius 3 is 2.10 bits per heavy atom. The van der Waals surface area contributed by atoms with Crippen molar-refractivity contribution in [3.8, 4) is 22.6 Å². The second kappa shape index (κ2) is 8.97. The van der Waals surface area contributed by atoms with Crippen LogP contribution in [0.4, 0.5) is 26.3 Å². The Morgan fingerprint density at radius 2 is 1.57 bits per heavy atom. The summed E-state index contributed by atoms with van der Waals surface area (Å²) < 4.78 is 99.2. The van der Waals surface area contributed by atoms with E-state index in [1.54, 1.807) is 6.92 Å². The Bertz CT molecular complexity index is 881. The molecule has 4 nitrogen and oxygen atoms in total. The molecule has 0 aliphatic carbocycles. The molecule has 0 aromatic heterocycles. The molecule has 3 rings (SSSR count). The zero-order valence-corrected chi connectivity index (χ0v) is 15.5. The molecule has 0 radical (unpaired) electrons. The van der Waals surface area contributed by atoms with E-state index in [-0.39, 0.29) is 42.3 Å². The Labute approximate surface area is 167 Å². The van der Waals surface area contributed by atoms with Gasteiger partial charge in [0.2, 0.25) is 0 Å². The largest absolute Gasteiger partial charge is 0.453 e. The van der Waals surface area contributed by atoms with Gasteiger partial charge in [0.1, 0.15) is 5.75 Å². The number of hydrogen-bond acceptors (Lipinski definition) is 4. The summed E-state index contributed by atoms with van der Waals surface area (Å²) in [5.41, 5.74) is 0.300. The summed E-state index contributed by atoms with van der Waals surface area (Å²) in [6.07, 6.45) is -7.96. The third-order valence-corrected chi connectivity index (χ3v) is 4.04. The molecule has 10 heteroatoms. The fourth-order valence-electron chi connectivity index (χ4n) is 2.66. The van der Waals surface area contributed by atoms with E-state index in [1.807, 2.05) is 0 Å². The quantitative estimate of drug-likeness (QED) is 0.430. The fourth-order valence-corrected chi connectivity index (χ4v) is 2.66. The molecule has 0 N–H and O–H groups in total. The molecule has 1 heterocycles. The first-order valence-corrected chi connectivity index (χ1v) is 8.73. The van der Waals surface area contributed by atoms with Crippen LogP contribution in [0.15, 0.2) is 48.7 Å². The first kappa shape index (κ1) is 22.0. The lowest BCUT2D eigenvalue weighted by Gasteiger charge is -2.32. The first-order valence-electron chi connectivity index (χ1n) is 8.73. The zero-order chi connectivity index (χ0) is 21.9. The number of rotatable bonds is 6. The van der Waals surface area contributed by atoms with E-state index in [1.165, 1.54) is 24.3 Å². The maximum absolute atomic E-state index is 14.2. The van der Waals surface area contributed by atoms with Gasteiger partial charge in [-0.3, -0.25) is 0 Å². The van der Waals surface area contributed by atoms with E-state index in [0.29, 0.717) is 0 Å². The minimum absolute atomic E-state index is 0.0130. The van der Waals surface area contributed by atoms with Crippen LogP contribution in [0.25, 0.3) is 11.1 Å². The first-order chi connectivity index (χ1) is 14.2. The molecule has 0 saturated carbocycles. The van der Waals surface area contributed by atoms with Crippen molar-refractivity contribution in [2.45, 2.75) is 19.3 Å². The molecule has 0 atom stereocenters. The SMILES string of the molecule is CC1COC(C(F)(F)Oc2ccc(-c3cc(F)c(OC=C(F)F)c(F)c3)cc2)OC1. The van der Waals surface area contributed by atoms with E-state index in [9.17, 15) is 26.3 Å². The van der Waals surface area contributed by atoms with Gasteiger partial charge in [-0.1, -0.05) is 19.1 Å². The van der Waals surface area contributed by atoms with E-state index in [2.05, 4.69) is 9.47 Å². The maximum Gasteiger partial charge on any atom is 0.451 e. The van der Waals surface area contributed by atoms with E-state index < -0.39 is 35.9 Å². The van der Waals surface area contributed by atoms with E-state index in [4.69, 9.17) is 9.47 Å². The molecule has 1 aliphatic rings. The van der Waals surface area contributed by atoms with Crippen LogP contribution in [0.5, 0.6) is 11.5 Å². The highest BCUT2D eigenvalue weighted by molar-refractivity contribution is 5.65. The second-order valence-electron chi connectivity index (χ2n) is 6.59. The molecule has 1 saturated heterocycles. The smallest absolute Gasteiger partial charge is 0.451 e. The second-order valence-corrected chi connectivity index (χ2v) is 6.59. The fraction of sp³-hybridized carbons (Fsp3) is 0.300. The summed E-state index contributed by atoms with van der Waals surface area (Å²) in [6.45, 7) is 1.99. The summed E-state index contributed by atoms with van der Waals surface area (Å²) in [5.74, 6) is -3.65. The molecule has 0 bridgehead atoms. The Hall–Kier alpha value is -2.72. The highest BCUT2D eigenvalue weighted by Crippen LogP contribution is 2.33. The molecule has 2 aromatic rings. The number of halogens is 6. The molecule has 0 amide bonds. The molecule has 30 heavy (non-hydrogen) atoms. The number of hydrogen-bond donors (Lipinski definition) is 0. The predicted octanol–water partition coefficient (Wildman–Crippen LogP) is 5.73. The molecular weight excluding hydrogens is 418 g/mol. The molecule has 1 aliphatic heterocycles. The normalized spacial score (nSPS) is 19.3. The van der Waals surface area contributed by atoms with E-state index in [0.717, 1.165) is 12.1 Å². The van der Waals surface area contributed by atoms with Gasteiger partial charge in [-0.2, -0.15) is 17.6 Å². The van der Waals surface area contributed by atoms with Crippen molar-refractivity contribution in [3.63, 3.8) is 0 Å². The zero-order valence-electron chi connectivity index (χ0n) is 15.5. The Kier molecular flexibility index (Phi) is 6.57. The van der Waals surface area contributed by atoms with Crippen molar-refractivity contribution in [2.75, 3.05) is 13.2 Å². The summed E-state index contributed by atoms with van der Waals surface area (Å²) in [5, 5.41) is 0. The molecular formula is C20H16F6O4. The minimum Gasteiger partial charge on any atom is -0.453 e. The number of ether oxygens (including phenoxy) is 4. The highest BCUT2D eigenvalue weighted by atomic mass is 19.3. The van der Waals surface area contributed by atoms with Crippen LogP contribution < -0.4 is 9.47 Å². The summed E-state index contributed by atoms with van der Waals surface area (Å²) in [6, 6.07) is 6.67. The van der Waals surface area contributed by atoms with Gasteiger partial charge in [-0.15, -0.1) is 0 Å². The summed E-state index contributed by atoms with van der Waals surface area (Å²) >= 11 is 0. The van der Waals surface area contributed by atoms with Gasteiger partial charge >= 0.3 is 12.2 Å². The molecule has 2 aromatic carbocycles. The van der Waals surface area contributed by atoms with Gasteiger partial charge in [0.05, 0.1) is 13.2 Å². The summed E-state index contributed by atoms with van der Waals surface area (Å²) in [4.78, 5) is 0. The lowest BCUT2D eigenvalue weighted by molar-refractivity contribution is -0.350. The van der Waals surface area contributed by atoms with Crippen LogP contribution in [0.1, 0.15) is 6.92 Å². The van der Waals surface area contributed by atoms with Crippen LogP contribution in [0, 0.1) is 17.6 Å². The predicted molar refractivity (Wildman–Crippen MR) is 93.2 cm³/mol. The lowest BCUT2D eigenvalue weighted by atomic mass is 10.0. The standard InChI is InChI=1S/C20H16F6O4/c1-11-8-28-19(29-9-11)20(25,26)30-14-4-2-12(3-5-14)13-6-15(21)18(16(22)7-13)27-10-17(23)24/h2-7,10-11,19H,8-9H2,1H3. The summed E-state index contributed by atoms with van der Waals surface area (Å²) in [7, 11) is 0. The van der Waals surface area contributed by atoms with Crippen molar-refractivity contribution in [3.05, 3.63) is 60.4 Å². The van der Waals surface area contributed by atoms with E-state index >= 15 is 0 Å². The third-order valence-electron chi connectivity index (χ3n) is 4.04. The van der Waals surface area contributed by atoms with Gasteiger partial charge in [0, 0.05) is 5.92 Å². The molecule has 0 unspecified atom stereocenters. The van der Waals surface area contributed by atoms with Crippen LogP contribution in [-0.2, 0) is 9.47 Å². The topological polar surface area (TPSA) is 36.9 Å². The average Bonchev–Trinajstić information content (AvgIpc) is 2.67. The number of alkyl halides is 2. The average molecular weight is 434 g/mol. The van der Waals surface area contributed by atoms with Crippen molar-refractivity contribution in [1.29, 1.82) is 0 Å². The molecule has 1 fully saturated rings. The van der Waals surface area contributed by atoms with Crippen LogP contribution in [0.2, 0.25) is 0 Å². The van der Waals surface area contributed by atoms with Gasteiger partial charge in [-0.25, -0.2) is 8.78 Å². The molecule has 0 spiro atoms. The van der Waals surface area contributed by atoms with Crippen molar-refractivity contribution < 1.29 is 45.3 Å². The van der Waals surface area contributed by atoms with Crippen molar-refractivity contribution in [2.24, 2.45) is 5.92 Å². The van der Waals surface area contributed by atoms with Gasteiger partial charge < -0.3 is 18.9 Å². The van der Waals surface area contributed by atoms with Crippen LogP contribution in [-0.4, -0.2) is 25.6 Å². The van der Waals surface area contributed by atoms with Gasteiger partial charge in [0.15, 0.2) is 23.6 Å². The van der Waals surface area contributed by atoms with Crippen LogP contribution >= 0.6 is 0 Å². The van der Waals surface area contributed by atoms with Crippen molar-refractivity contribution in [1.82, 2.24) is 0 Å².